The molecule has 1 heterocycles. The largest absolute Gasteiger partial charge is 0.442 e. The van der Waals surface area contributed by atoms with Gasteiger partial charge in [-0.1, -0.05) is 29.3 Å². The smallest absolute Gasteiger partial charge is 0.414 e. The summed E-state index contributed by atoms with van der Waals surface area (Å²) < 4.78 is 25.2. The number of rotatable bonds is 8. The minimum Gasteiger partial charge on any atom is -0.442 e. The number of aliphatic hydroxyl groups is 1. The van der Waals surface area contributed by atoms with Crippen LogP contribution in [0.25, 0.3) is 0 Å². The first-order valence-corrected chi connectivity index (χ1v) is 9.76. The van der Waals surface area contributed by atoms with Crippen LogP contribution >= 0.6 is 23.2 Å². The van der Waals surface area contributed by atoms with Gasteiger partial charge in [-0.2, -0.15) is 0 Å². The SMILES string of the molecule is CC(C)(O)C(C)(C)O[B]c1ccc(N2C[C@H](CNC(=O)C(Cl)Cl)OC2=O)cc1F. The summed E-state index contributed by atoms with van der Waals surface area (Å²) in [4.78, 5) is 23.5. The molecule has 1 aromatic rings. The van der Waals surface area contributed by atoms with Gasteiger partial charge in [0.2, 0.25) is 0 Å². The summed E-state index contributed by atoms with van der Waals surface area (Å²) in [5, 5.41) is 12.6. The van der Waals surface area contributed by atoms with Crippen LogP contribution in [0.3, 0.4) is 0 Å². The Hall–Kier alpha value is -1.55. The number of hydrogen-bond acceptors (Lipinski definition) is 5. The van der Waals surface area contributed by atoms with Crippen LogP contribution in [0.4, 0.5) is 14.9 Å². The van der Waals surface area contributed by atoms with Gasteiger partial charge in [-0.15, -0.1) is 0 Å². The number of carbonyl (C=O) groups excluding carboxylic acids is 2. The van der Waals surface area contributed by atoms with Gasteiger partial charge in [-0.3, -0.25) is 9.69 Å². The quantitative estimate of drug-likeness (QED) is 0.469. The molecule has 7 nitrogen and oxygen atoms in total. The van der Waals surface area contributed by atoms with E-state index < -0.39 is 40.0 Å². The zero-order valence-electron chi connectivity index (χ0n) is 16.5. The van der Waals surface area contributed by atoms with Gasteiger partial charge in [-0.25, -0.2) is 9.18 Å². The molecule has 2 N–H and O–H groups in total. The van der Waals surface area contributed by atoms with Crippen LogP contribution in [0.1, 0.15) is 27.7 Å². The lowest BCUT2D eigenvalue weighted by Crippen LogP contribution is -2.49. The van der Waals surface area contributed by atoms with Crippen LogP contribution in [0, 0.1) is 5.82 Å². The molecule has 1 radical (unpaired) electrons. The fourth-order valence-corrected chi connectivity index (χ4v) is 2.42. The van der Waals surface area contributed by atoms with Crippen LogP contribution in [-0.2, 0) is 14.2 Å². The van der Waals surface area contributed by atoms with Crippen LogP contribution in [0.2, 0.25) is 0 Å². The molecule has 2 amide bonds. The highest BCUT2D eigenvalue weighted by Gasteiger charge is 2.36. The number of alkyl halides is 2. The highest BCUT2D eigenvalue weighted by atomic mass is 35.5. The Morgan fingerprint density at radius 2 is 2.10 bits per heavy atom. The first kappa shape index (κ1) is 23.7. The Kier molecular flexibility index (Phi) is 7.43. The van der Waals surface area contributed by atoms with E-state index in [-0.39, 0.29) is 18.6 Å². The lowest BCUT2D eigenvalue weighted by Gasteiger charge is -2.37. The summed E-state index contributed by atoms with van der Waals surface area (Å²) in [6.07, 6.45) is -1.28. The zero-order valence-corrected chi connectivity index (χ0v) is 18.1. The first-order chi connectivity index (χ1) is 13.3. The van der Waals surface area contributed by atoms with Gasteiger partial charge >= 0.3 is 13.6 Å². The number of carbonyl (C=O) groups is 2. The molecule has 1 saturated heterocycles. The van der Waals surface area contributed by atoms with Gasteiger partial charge in [0.25, 0.3) is 5.91 Å². The summed E-state index contributed by atoms with van der Waals surface area (Å²) >= 11 is 10.9. The van der Waals surface area contributed by atoms with E-state index in [1.54, 1.807) is 33.8 Å². The average Bonchev–Trinajstić information content (AvgIpc) is 2.98. The maximum absolute atomic E-state index is 14.5. The maximum atomic E-state index is 14.5. The Bertz CT molecular complexity index is 773. The third-order valence-corrected chi connectivity index (χ3v) is 5.22. The van der Waals surface area contributed by atoms with Crippen LogP contribution in [0.5, 0.6) is 0 Å². The van der Waals surface area contributed by atoms with Crippen molar-refractivity contribution in [2.45, 2.75) is 49.8 Å². The number of ether oxygens (including phenoxy) is 1. The van der Waals surface area contributed by atoms with E-state index in [1.165, 1.54) is 24.5 Å². The lowest BCUT2D eigenvalue weighted by molar-refractivity contribution is -0.119. The van der Waals surface area contributed by atoms with E-state index in [0.29, 0.717) is 5.69 Å². The molecule has 11 heteroatoms. The monoisotopic (exact) mass is 447 g/mol. The Morgan fingerprint density at radius 3 is 2.66 bits per heavy atom. The minimum atomic E-state index is -1.22. The second-order valence-electron chi connectivity index (χ2n) is 7.67. The third-order valence-electron chi connectivity index (χ3n) is 4.83. The molecule has 0 bridgehead atoms. The molecule has 1 fully saturated rings. The fraction of sp³-hybridized carbons (Fsp3) is 0.556. The van der Waals surface area contributed by atoms with Gasteiger partial charge in [-0.05, 0) is 45.3 Å². The number of nitrogens with zero attached hydrogens (tertiary/aromatic N) is 1. The number of hydrogen-bond donors (Lipinski definition) is 2. The molecule has 2 rings (SSSR count). The van der Waals surface area contributed by atoms with Crippen molar-refractivity contribution >= 4 is 53.8 Å². The second-order valence-corrected chi connectivity index (χ2v) is 8.77. The highest BCUT2D eigenvalue weighted by molar-refractivity contribution is 6.53. The molecule has 1 atom stereocenters. The fourth-order valence-electron chi connectivity index (χ4n) is 2.26. The van der Waals surface area contributed by atoms with Gasteiger partial charge in [0.05, 0.1) is 30.0 Å². The van der Waals surface area contributed by atoms with Crippen molar-refractivity contribution in [2.75, 3.05) is 18.0 Å². The van der Waals surface area contributed by atoms with E-state index in [4.69, 9.17) is 32.6 Å². The Labute approximate surface area is 179 Å². The molecular weight excluding hydrogens is 425 g/mol. The van der Waals surface area contributed by atoms with Gasteiger partial charge in [0.1, 0.15) is 11.9 Å². The highest BCUT2D eigenvalue weighted by Crippen LogP contribution is 2.25. The number of amides is 2. The van der Waals surface area contributed by atoms with Crippen molar-refractivity contribution < 1.29 is 28.5 Å². The molecule has 0 aromatic heterocycles. The molecule has 1 aromatic carbocycles. The molecule has 0 spiro atoms. The Balaban J connectivity index is 2.01. The number of halogens is 3. The summed E-state index contributed by atoms with van der Waals surface area (Å²) in [6, 6.07) is 4.19. The molecule has 1 aliphatic heterocycles. The third kappa shape index (κ3) is 5.98. The maximum Gasteiger partial charge on any atom is 0.414 e. The summed E-state index contributed by atoms with van der Waals surface area (Å²) in [7, 11) is 1.23. The van der Waals surface area contributed by atoms with E-state index in [9.17, 15) is 19.1 Å². The summed E-state index contributed by atoms with van der Waals surface area (Å²) in [5.74, 6) is -1.20. The van der Waals surface area contributed by atoms with Crippen LogP contribution in [-0.4, -0.2) is 59.8 Å². The number of nitrogens with one attached hydrogen (secondary N) is 1. The normalized spacial score (nSPS) is 17.5. The average molecular weight is 448 g/mol. The molecule has 0 unspecified atom stereocenters. The van der Waals surface area contributed by atoms with Crippen molar-refractivity contribution in [1.82, 2.24) is 5.32 Å². The van der Waals surface area contributed by atoms with E-state index in [0.717, 1.165) is 0 Å². The second kappa shape index (κ2) is 9.08. The van der Waals surface area contributed by atoms with Crippen molar-refractivity contribution in [3.63, 3.8) is 0 Å². The van der Waals surface area contributed by atoms with Crippen LogP contribution in [0.15, 0.2) is 18.2 Å². The molecule has 29 heavy (non-hydrogen) atoms. The number of cyclic esters (lactones) is 1. The van der Waals surface area contributed by atoms with Gasteiger partial charge < -0.3 is 19.8 Å². The van der Waals surface area contributed by atoms with E-state index in [1.807, 2.05) is 0 Å². The Morgan fingerprint density at radius 1 is 1.45 bits per heavy atom. The number of benzene rings is 1. The minimum absolute atomic E-state index is 0.0330. The topological polar surface area (TPSA) is 88.1 Å². The van der Waals surface area contributed by atoms with Crippen molar-refractivity contribution in [3.05, 3.63) is 24.0 Å². The molecule has 0 saturated carbocycles. The molecule has 0 aliphatic carbocycles. The van der Waals surface area contributed by atoms with Crippen LogP contribution < -0.4 is 15.7 Å². The van der Waals surface area contributed by atoms with Crippen molar-refractivity contribution in [2.24, 2.45) is 0 Å². The first-order valence-electron chi connectivity index (χ1n) is 8.89. The zero-order chi connectivity index (χ0) is 22.0. The van der Waals surface area contributed by atoms with E-state index >= 15 is 0 Å². The van der Waals surface area contributed by atoms with Crippen molar-refractivity contribution in [3.8, 4) is 0 Å². The summed E-state index contributed by atoms with van der Waals surface area (Å²) in [5.41, 5.74) is -1.62. The molecule has 1 aliphatic rings. The van der Waals surface area contributed by atoms with Gasteiger partial charge in [0, 0.05) is 0 Å². The lowest BCUT2D eigenvalue weighted by atomic mass is 9.82. The predicted molar refractivity (Wildman–Crippen MR) is 109 cm³/mol. The molecule has 159 valence electrons. The number of anilines is 1. The summed E-state index contributed by atoms with van der Waals surface area (Å²) in [6.45, 7) is 6.72. The predicted octanol–water partition coefficient (Wildman–Crippen LogP) is 1.88. The van der Waals surface area contributed by atoms with Crippen molar-refractivity contribution in [1.29, 1.82) is 0 Å². The van der Waals surface area contributed by atoms with E-state index in [2.05, 4.69) is 5.32 Å². The van der Waals surface area contributed by atoms with Gasteiger partial charge in [0.15, 0.2) is 4.84 Å². The standard InChI is InChI=1S/C18H23BCl2FN2O5/c1-17(2,27)18(3,4)29-19-12-6-5-10(7-13(12)22)24-9-11(28-16(24)26)8-23-15(25)14(20)21/h5-7,11,14,27H,8-9H2,1-4H3,(H,23,25)/t11-/m0/s1. The molecular formula is C18H23BCl2FN2O5.